The van der Waals surface area contributed by atoms with E-state index in [0.29, 0.717) is 25.2 Å². The second kappa shape index (κ2) is 6.93. The summed E-state index contributed by atoms with van der Waals surface area (Å²) in [6, 6.07) is 0.273. The van der Waals surface area contributed by atoms with E-state index in [2.05, 4.69) is 10.4 Å². The summed E-state index contributed by atoms with van der Waals surface area (Å²) in [5.74, 6) is 0. The van der Waals surface area contributed by atoms with Crippen molar-refractivity contribution in [3.8, 4) is 0 Å². The highest BCUT2D eigenvalue weighted by Crippen LogP contribution is 2.23. The van der Waals surface area contributed by atoms with Crippen molar-refractivity contribution in [1.29, 1.82) is 0 Å². The first-order chi connectivity index (χ1) is 8.92. The lowest BCUT2D eigenvalue weighted by atomic mass is 10.1. The molecule has 1 rings (SSSR count). The summed E-state index contributed by atoms with van der Waals surface area (Å²) in [4.78, 5) is 0. The second-order valence-corrected chi connectivity index (χ2v) is 4.55. The highest BCUT2D eigenvalue weighted by Gasteiger charge is 2.39. The van der Waals surface area contributed by atoms with E-state index in [9.17, 15) is 13.2 Å². The van der Waals surface area contributed by atoms with Gasteiger partial charge in [0.1, 0.15) is 6.04 Å². The van der Waals surface area contributed by atoms with Gasteiger partial charge in [0.15, 0.2) is 0 Å². The molecule has 0 bridgehead atoms. The van der Waals surface area contributed by atoms with Crippen LogP contribution in [0.1, 0.15) is 38.6 Å². The Morgan fingerprint density at radius 1 is 1.32 bits per heavy atom. The standard InChI is InChI=1S/C13H22F3N3/c1-4-7-17-12(13(14,15)16)9-11-8-10(5-2)18-19(11)6-3/h8,12,17H,4-7,9H2,1-3H3. The van der Waals surface area contributed by atoms with Crippen LogP contribution in [0.4, 0.5) is 13.2 Å². The number of nitrogens with one attached hydrogen (secondary N) is 1. The molecule has 1 N–H and O–H groups in total. The number of halogens is 3. The van der Waals surface area contributed by atoms with Crippen LogP contribution >= 0.6 is 0 Å². The van der Waals surface area contributed by atoms with Crippen molar-refractivity contribution < 1.29 is 13.2 Å². The maximum atomic E-state index is 13.0. The van der Waals surface area contributed by atoms with Gasteiger partial charge in [-0.2, -0.15) is 18.3 Å². The van der Waals surface area contributed by atoms with Gasteiger partial charge in [-0.3, -0.25) is 4.68 Å². The van der Waals surface area contributed by atoms with E-state index in [0.717, 1.165) is 12.1 Å². The van der Waals surface area contributed by atoms with E-state index < -0.39 is 12.2 Å². The first-order valence-corrected chi connectivity index (χ1v) is 6.78. The van der Waals surface area contributed by atoms with Crippen LogP contribution in [0.15, 0.2) is 6.07 Å². The fourth-order valence-electron chi connectivity index (χ4n) is 1.96. The number of aryl methyl sites for hydroxylation is 2. The van der Waals surface area contributed by atoms with Crippen LogP contribution < -0.4 is 5.32 Å². The molecule has 0 aliphatic heterocycles. The molecule has 0 saturated heterocycles. The van der Waals surface area contributed by atoms with Crippen molar-refractivity contribution >= 4 is 0 Å². The molecule has 3 nitrogen and oxygen atoms in total. The summed E-state index contributed by atoms with van der Waals surface area (Å²) < 4.78 is 40.5. The fraction of sp³-hybridized carbons (Fsp3) is 0.769. The van der Waals surface area contributed by atoms with Gasteiger partial charge in [0.05, 0.1) is 5.69 Å². The summed E-state index contributed by atoms with van der Waals surface area (Å²) in [5, 5.41) is 6.85. The Labute approximate surface area is 112 Å². The number of hydrogen-bond acceptors (Lipinski definition) is 2. The highest BCUT2D eigenvalue weighted by molar-refractivity contribution is 5.12. The van der Waals surface area contributed by atoms with Gasteiger partial charge >= 0.3 is 6.18 Å². The Morgan fingerprint density at radius 3 is 2.47 bits per heavy atom. The van der Waals surface area contributed by atoms with Crippen LogP contribution in [-0.2, 0) is 19.4 Å². The minimum absolute atomic E-state index is 0.0651. The van der Waals surface area contributed by atoms with Crippen LogP contribution in [0.2, 0.25) is 0 Å². The third-order valence-electron chi connectivity index (χ3n) is 3.02. The smallest absolute Gasteiger partial charge is 0.306 e. The summed E-state index contributed by atoms with van der Waals surface area (Å²) in [7, 11) is 0. The van der Waals surface area contributed by atoms with Gasteiger partial charge < -0.3 is 5.32 Å². The van der Waals surface area contributed by atoms with Gasteiger partial charge in [0, 0.05) is 18.7 Å². The maximum absolute atomic E-state index is 13.0. The Balaban J connectivity index is 2.85. The minimum atomic E-state index is -4.23. The highest BCUT2D eigenvalue weighted by atomic mass is 19.4. The molecule has 1 unspecified atom stereocenters. The Hall–Kier alpha value is -1.04. The lowest BCUT2D eigenvalue weighted by Crippen LogP contribution is -2.44. The van der Waals surface area contributed by atoms with E-state index in [-0.39, 0.29) is 6.42 Å². The van der Waals surface area contributed by atoms with E-state index in [1.54, 1.807) is 10.7 Å². The van der Waals surface area contributed by atoms with E-state index in [4.69, 9.17) is 0 Å². The molecular formula is C13H22F3N3. The normalized spacial score (nSPS) is 13.8. The molecule has 19 heavy (non-hydrogen) atoms. The maximum Gasteiger partial charge on any atom is 0.404 e. The molecule has 0 aromatic carbocycles. The van der Waals surface area contributed by atoms with Crippen molar-refractivity contribution in [2.75, 3.05) is 6.54 Å². The molecular weight excluding hydrogens is 255 g/mol. The zero-order chi connectivity index (χ0) is 14.5. The SMILES string of the molecule is CCCNC(Cc1cc(CC)nn1CC)C(F)(F)F. The molecule has 1 aromatic heterocycles. The Bertz CT molecular complexity index is 385. The zero-order valence-electron chi connectivity index (χ0n) is 11.7. The summed E-state index contributed by atoms with van der Waals surface area (Å²) in [5.41, 5.74) is 1.48. The van der Waals surface area contributed by atoms with Crippen molar-refractivity contribution in [2.24, 2.45) is 0 Å². The molecule has 0 saturated carbocycles. The molecule has 0 spiro atoms. The molecule has 0 radical (unpaired) electrons. The Morgan fingerprint density at radius 2 is 2.00 bits per heavy atom. The van der Waals surface area contributed by atoms with Crippen LogP contribution in [0.25, 0.3) is 0 Å². The zero-order valence-corrected chi connectivity index (χ0v) is 11.7. The molecule has 0 fully saturated rings. The topological polar surface area (TPSA) is 29.9 Å². The Kier molecular flexibility index (Phi) is 5.85. The van der Waals surface area contributed by atoms with Gasteiger partial charge in [-0.1, -0.05) is 13.8 Å². The molecule has 1 heterocycles. The van der Waals surface area contributed by atoms with Crippen LogP contribution in [0.3, 0.4) is 0 Å². The van der Waals surface area contributed by atoms with Gasteiger partial charge in [0.25, 0.3) is 0 Å². The summed E-state index contributed by atoms with van der Waals surface area (Å²) >= 11 is 0. The lowest BCUT2D eigenvalue weighted by molar-refractivity contribution is -0.155. The van der Waals surface area contributed by atoms with Gasteiger partial charge in [-0.25, -0.2) is 0 Å². The first kappa shape index (κ1) is 16.0. The van der Waals surface area contributed by atoms with E-state index >= 15 is 0 Å². The average molecular weight is 277 g/mol. The van der Waals surface area contributed by atoms with E-state index in [1.165, 1.54) is 0 Å². The van der Waals surface area contributed by atoms with Gasteiger partial charge in [-0.15, -0.1) is 0 Å². The molecule has 110 valence electrons. The number of rotatable bonds is 7. The minimum Gasteiger partial charge on any atom is -0.306 e. The van der Waals surface area contributed by atoms with Crippen LogP contribution in [-0.4, -0.2) is 28.5 Å². The van der Waals surface area contributed by atoms with Crippen molar-refractivity contribution in [2.45, 2.75) is 58.8 Å². The molecule has 1 aromatic rings. The fourth-order valence-corrected chi connectivity index (χ4v) is 1.96. The largest absolute Gasteiger partial charge is 0.404 e. The molecule has 0 amide bonds. The molecule has 1 atom stereocenters. The first-order valence-electron chi connectivity index (χ1n) is 6.78. The quantitative estimate of drug-likeness (QED) is 0.830. The summed E-state index contributed by atoms with van der Waals surface area (Å²) in [6.45, 7) is 6.64. The second-order valence-electron chi connectivity index (χ2n) is 4.55. The number of hydrogen-bond donors (Lipinski definition) is 1. The third kappa shape index (κ3) is 4.53. The van der Waals surface area contributed by atoms with Crippen molar-refractivity contribution in [3.05, 3.63) is 17.5 Å². The number of aromatic nitrogens is 2. The lowest BCUT2D eigenvalue weighted by Gasteiger charge is -2.21. The van der Waals surface area contributed by atoms with E-state index in [1.807, 2.05) is 20.8 Å². The average Bonchev–Trinajstić information content (AvgIpc) is 2.75. The van der Waals surface area contributed by atoms with Crippen molar-refractivity contribution in [1.82, 2.24) is 15.1 Å². The predicted octanol–water partition coefficient (Wildman–Crippen LogP) is 2.94. The monoisotopic (exact) mass is 277 g/mol. The number of nitrogens with zero attached hydrogens (tertiary/aromatic N) is 2. The molecule has 0 aliphatic carbocycles. The molecule has 6 heteroatoms. The van der Waals surface area contributed by atoms with Crippen LogP contribution in [0.5, 0.6) is 0 Å². The van der Waals surface area contributed by atoms with Crippen molar-refractivity contribution in [3.63, 3.8) is 0 Å². The van der Waals surface area contributed by atoms with Crippen LogP contribution in [0, 0.1) is 0 Å². The predicted molar refractivity (Wildman–Crippen MR) is 69.1 cm³/mol. The van der Waals surface area contributed by atoms with Gasteiger partial charge in [-0.05, 0) is 32.4 Å². The van der Waals surface area contributed by atoms with Gasteiger partial charge in [0.2, 0.25) is 0 Å². The number of alkyl halides is 3. The molecule has 0 aliphatic rings. The summed E-state index contributed by atoms with van der Waals surface area (Å²) in [6.07, 6.45) is -2.88. The third-order valence-corrected chi connectivity index (χ3v) is 3.02.